The SMILES string of the molecule is CC1Cc2ccccc2N1C(=O)c1cnc(Nc2cccc(F)c2)cn1. The molecule has 0 radical (unpaired) electrons. The monoisotopic (exact) mass is 348 g/mol. The number of fused-ring (bicyclic) bond motifs is 1. The number of carbonyl (C=O) groups is 1. The normalized spacial score (nSPS) is 15.6. The number of anilines is 3. The lowest BCUT2D eigenvalue weighted by atomic mass is 10.1. The third kappa shape index (κ3) is 3.01. The van der Waals surface area contributed by atoms with Crippen LogP contribution in [0.25, 0.3) is 0 Å². The van der Waals surface area contributed by atoms with E-state index < -0.39 is 0 Å². The Bertz CT molecular complexity index is 958. The highest BCUT2D eigenvalue weighted by Gasteiger charge is 2.31. The van der Waals surface area contributed by atoms with Crippen LogP contribution in [0.15, 0.2) is 60.9 Å². The van der Waals surface area contributed by atoms with Crippen LogP contribution in [-0.4, -0.2) is 21.9 Å². The molecule has 0 saturated heterocycles. The minimum atomic E-state index is -0.337. The Hall–Kier alpha value is -3.28. The Morgan fingerprint density at radius 2 is 2.00 bits per heavy atom. The van der Waals surface area contributed by atoms with Crippen LogP contribution >= 0.6 is 0 Å². The maximum absolute atomic E-state index is 13.2. The number of amides is 1. The second kappa shape index (κ2) is 6.55. The summed E-state index contributed by atoms with van der Waals surface area (Å²) >= 11 is 0. The number of benzene rings is 2. The van der Waals surface area contributed by atoms with Gasteiger partial charge in [-0.3, -0.25) is 4.79 Å². The summed E-state index contributed by atoms with van der Waals surface area (Å²) in [4.78, 5) is 23.1. The van der Waals surface area contributed by atoms with Gasteiger partial charge < -0.3 is 10.2 Å². The molecule has 3 aromatic rings. The molecule has 1 aliphatic heterocycles. The van der Waals surface area contributed by atoms with Gasteiger partial charge in [-0.25, -0.2) is 14.4 Å². The van der Waals surface area contributed by atoms with Gasteiger partial charge in [-0.1, -0.05) is 24.3 Å². The number of hydrogen-bond donors (Lipinski definition) is 1. The van der Waals surface area contributed by atoms with Crippen molar-refractivity contribution in [1.29, 1.82) is 0 Å². The topological polar surface area (TPSA) is 58.1 Å². The Morgan fingerprint density at radius 1 is 1.15 bits per heavy atom. The van der Waals surface area contributed by atoms with Gasteiger partial charge in [0.2, 0.25) is 0 Å². The van der Waals surface area contributed by atoms with Gasteiger partial charge in [-0.15, -0.1) is 0 Å². The molecule has 1 unspecified atom stereocenters. The average Bonchev–Trinajstić information content (AvgIpc) is 2.97. The quantitative estimate of drug-likeness (QED) is 0.779. The van der Waals surface area contributed by atoms with Crippen LogP contribution in [0.1, 0.15) is 23.0 Å². The minimum Gasteiger partial charge on any atom is -0.339 e. The minimum absolute atomic E-state index is 0.0757. The van der Waals surface area contributed by atoms with E-state index in [1.54, 1.807) is 17.0 Å². The van der Waals surface area contributed by atoms with Crippen molar-refractivity contribution in [3.8, 4) is 0 Å². The summed E-state index contributed by atoms with van der Waals surface area (Å²) in [5.41, 5.74) is 2.93. The fourth-order valence-corrected chi connectivity index (χ4v) is 3.22. The van der Waals surface area contributed by atoms with E-state index >= 15 is 0 Å². The molecule has 5 nitrogen and oxygen atoms in total. The number of nitrogens with one attached hydrogen (secondary N) is 1. The van der Waals surface area contributed by atoms with Crippen molar-refractivity contribution >= 4 is 23.1 Å². The number of carbonyl (C=O) groups excluding carboxylic acids is 1. The lowest BCUT2D eigenvalue weighted by Gasteiger charge is -2.22. The van der Waals surface area contributed by atoms with Crippen LogP contribution in [0, 0.1) is 5.82 Å². The van der Waals surface area contributed by atoms with Crippen molar-refractivity contribution in [3.63, 3.8) is 0 Å². The number of para-hydroxylation sites is 1. The molecule has 0 bridgehead atoms. The van der Waals surface area contributed by atoms with Gasteiger partial charge in [-0.2, -0.15) is 0 Å². The van der Waals surface area contributed by atoms with Crippen molar-refractivity contribution in [2.45, 2.75) is 19.4 Å². The molecular weight excluding hydrogens is 331 g/mol. The van der Waals surface area contributed by atoms with Gasteiger partial charge >= 0.3 is 0 Å². The predicted molar refractivity (Wildman–Crippen MR) is 98.1 cm³/mol. The van der Waals surface area contributed by atoms with E-state index in [-0.39, 0.29) is 23.5 Å². The molecular formula is C20H17FN4O. The molecule has 0 aliphatic carbocycles. The molecule has 1 aromatic heterocycles. The zero-order chi connectivity index (χ0) is 18.1. The Morgan fingerprint density at radius 3 is 2.77 bits per heavy atom. The Kier molecular flexibility index (Phi) is 4.08. The first-order valence-corrected chi connectivity index (χ1v) is 8.38. The first kappa shape index (κ1) is 16.2. The number of nitrogens with zero attached hydrogens (tertiary/aromatic N) is 3. The van der Waals surface area contributed by atoms with Crippen molar-refractivity contribution < 1.29 is 9.18 Å². The van der Waals surface area contributed by atoms with Crippen LogP contribution in [0.2, 0.25) is 0 Å². The van der Waals surface area contributed by atoms with Crippen LogP contribution < -0.4 is 10.2 Å². The molecule has 0 fully saturated rings. The second-order valence-electron chi connectivity index (χ2n) is 6.28. The number of rotatable bonds is 3. The maximum Gasteiger partial charge on any atom is 0.278 e. The lowest BCUT2D eigenvalue weighted by molar-refractivity contribution is 0.0976. The van der Waals surface area contributed by atoms with Crippen molar-refractivity contribution in [3.05, 3.63) is 78.0 Å². The van der Waals surface area contributed by atoms with Gasteiger partial charge in [0, 0.05) is 17.4 Å². The molecule has 1 aliphatic rings. The van der Waals surface area contributed by atoms with Crippen molar-refractivity contribution in [2.75, 3.05) is 10.2 Å². The summed E-state index contributed by atoms with van der Waals surface area (Å²) in [5, 5.41) is 2.97. The summed E-state index contributed by atoms with van der Waals surface area (Å²) in [6.07, 6.45) is 3.75. The molecule has 4 rings (SSSR count). The molecule has 1 amide bonds. The van der Waals surface area contributed by atoms with Crippen LogP contribution in [-0.2, 0) is 6.42 Å². The summed E-state index contributed by atoms with van der Waals surface area (Å²) in [6, 6.07) is 14.0. The highest BCUT2D eigenvalue weighted by atomic mass is 19.1. The van der Waals surface area contributed by atoms with Gasteiger partial charge in [0.05, 0.1) is 12.4 Å². The summed E-state index contributed by atoms with van der Waals surface area (Å²) in [6.45, 7) is 2.02. The zero-order valence-electron chi connectivity index (χ0n) is 14.2. The van der Waals surface area contributed by atoms with Crippen LogP contribution in [0.5, 0.6) is 0 Å². The van der Waals surface area contributed by atoms with Gasteiger partial charge in [-0.05, 0) is 43.2 Å². The number of halogens is 1. The predicted octanol–water partition coefficient (Wildman–Crippen LogP) is 3.95. The van der Waals surface area contributed by atoms with E-state index in [0.717, 1.165) is 17.7 Å². The molecule has 2 heterocycles. The third-order valence-electron chi connectivity index (χ3n) is 4.39. The molecule has 6 heteroatoms. The Balaban J connectivity index is 1.54. The smallest absolute Gasteiger partial charge is 0.278 e. The Labute approximate surface area is 150 Å². The first-order valence-electron chi connectivity index (χ1n) is 8.38. The summed E-state index contributed by atoms with van der Waals surface area (Å²) in [5.74, 6) is -0.0641. The molecule has 0 spiro atoms. The van der Waals surface area contributed by atoms with Gasteiger partial charge in [0.25, 0.3) is 5.91 Å². The third-order valence-corrected chi connectivity index (χ3v) is 4.39. The maximum atomic E-state index is 13.2. The summed E-state index contributed by atoms with van der Waals surface area (Å²) in [7, 11) is 0. The highest BCUT2D eigenvalue weighted by Crippen LogP contribution is 2.32. The molecule has 2 aromatic carbocycles. The van der Waals surface area contributed by atoms with E-state index in [1.165, 1.54) is 24.5 Å². The largest absolute Gasteiger partial charge is 0.339 e. The van der Waals surface area contributed by atoms with E-state index in [2.05, 4.69) is 15.3 Å². The molecule has 130 valence electrons. The molecule has 0 saturated carbocycles. The standard InChI is InChI=1S/C20H17FN4O/c1-13-9-14-5-2-3-8-18(14)25(13)20(26)17-11-23-19(12-22-17)24-16-7-4-6-15(21)10-16/h2-8,10-13H,9H2,1H3,(H,23,24). The zero-order valence-corrected chi connectivity index (χ0v) is 14.2. The number of aromatic nitrogens is 2. The van der Waals surface area contributed by atoms with Gasteiger partial charge in [0.15, 0.2) is 0 Å². The van der Waals surface area contributed by atoms with Crippen molar-refractivity contribution in [2.24, 2.45) is 0 Å². The van der Waals surface area contributed by atoms with E-state index in [4.69, 9.17) is 0 Å². The summed E-state index contributed by atoms with van der Waals surface area (Å²) < 4.78 is 13.2. The van der Waals surface area contributed by atoms with Crippen LogP contribution in [0.4, 0.5) is 21.6 Å². The number of hydrogen-bond acceptors (Lipinski definition) is 4. The fraction of sp³-hybridized carbons (Fsp3) is 0.150. The second-order valence-corrected chi connectivity index (χ2v) is 6.28. The van der Waals surface area contributed by atoms with Crippen molar-refractivity contribution in [1.82, 2.24) is 9.97 Å². The average molecular weight is 348 g/mol. The van der Waals surface area contributed by atoms with E-state index in [0.29, 0.717) is 11.5 Å². The van der Waals surface area contributed by atoms with E-state index in [1.807, 2.05) is 31.2 Å². The molecule has 26 heavy (non-hydrogen) atoms. The van der Waals surface area contributed by atoms with Gasteiger partial charge in [0.1, 0.15) is 17.3 Å². The highest BCUT2D eigenvalue weighted by molar-refractivity contribution is 6.06. The molecule has 1 N–H and O–H groups in total. The van der Waals surface area contributed by atoms with Crippen LogP contribution in [0.3, 0.4) is 0 Å². The lowest BCUT2D eigenvalue weighted by Crippen LogP contribution is -2.36. The molecule has 1 atom stereocenters. The fourth-order valence-electron chi connectivity index (χ4n) is 3.22. The van der Waals surface area contributed by atoms with E-state index in [9.17, 15) is 9.18 Å². The first-order chi connectivity index (χ1) is 12.6.